The van der Waals surface area contributed by atoms with Gasteiger partial charge in [-0.15, -0.1) is 11.3 Å². The zero-order valence-electron chi connectivity index (χ0n) is 18.6. The van der Waals surface area contributed by atoms with E-state index >= 15 is 0 Å². The van der Waals surface area contributed by atoms with Gasteiger partial charge in [-0.2, -0.15) is 0 Å². The molecule has 7 nitrogen and oxygen atoms in total. The molecule has 0 saturated carbocycles. The van der Waals surface area contributed by atoms with E-state index in [9.17, 15) is 4.79 Å². The number of carbonyl (C=O) groups is 1. The second kappa shape index (κ2) is 9.87. The number of hydrogen-bond donors (Lipinski definition) is 0. The summed E-state index contributed by atoms with van der Waals surface area (Å²) in [5.41, 5.74) is 1.57. The van der Waals surface area contributed by atoms with Crippen molar-refractivity contribution in [2.75, 3.05) is 38.2 Å². The Hall–Kier alpha value is -3.36. The largest absolute Gasteiger partial charge is 0.493 e. The quantitative estimate of drug-likeness (QED) is 0.380. The van der Waals surface area contributed by atoms with E-state index in [0.29, 0.717) is 54.9 Å². The second-order valence-electron chi connectivity index (χ2n) is 7.90. The van der Waals surface area contributed by atoms with Gasteiger partial charge in [0.2, 0.25) is 0 Å². The van der Waals surface area contributed by atoms with Gasteiger partial charge in [0.25, 0.3) is 5.91 Å². The molecule has 0 aliphatic carbocycles. The van der Waals surface area contributed by atoms with Crippen molar-refractivity contribution in [3.63, 3.8) is 0 Å². The lowest BCUT2D eigenvalue weighted by Gasteiger charge is -2.35. The van der Waals surface area contributed by atoms with E-state index in [0.717, 1.165) is 21.6 Å². The van der Waals surface area contributed by atoms with Crippen LogP contribution in [0.15, 0.2) is 60.2 Å². The van der Waals surface area contributed by atoms with Crippen molar-refractivity contribution >= 4 is 44.9 Å². The normalized spacial score (nSPS) is 13.8. The lowest BCUT2D eigenvalue weighted by Crippen LogP contribution is -2.49. The molecule has 1 fully saturated rings. The molecule has 34 heavy (non-hydrogen) atoms. The number of benzene rings is 2. The van der Waals surface area contributed by atoms with Crippen LogP contribution >= 0.6 is 22.9 Å². The first-order valence-corrected chi connectivity index (χ1v) is 12.2. The number of fused-ring (bicyclic) bond motifs is 1. The Kier molecular flexibility index (Phi) is 6.51. The topological polar surface area (TPSA) is 67.8 Å². The fraction of sp³-hybridized carbons (Fsp3) is 0.240. The molecule has 0 N–H and O–H groups in total. The molecule has 0 spiro atoms. The fourth-order valence-corrected chi connectivity index (χ4v) is 4.85. The van der Waals surface area contributed by atoms with Gasteiger partial charge < -0.3 is 19.3 Å². The second-order valence-corrected chi connectivity index (χ2v) is 9.23. The molecule has 5 rings (SSSR count). The third-order valence-electron chi connectivity index (χ3n) is 5.83. The van der Waals surface area contributed by atoms with Crippen LogP contribution in [-0.4, -0.2) is 54.1 Å². The van der Waals surface area contributed by atoms with Crippen molar-refractivity contribution in [1.29, 1.82) is 0 Å². The molecule has 0 unspecified atom stereocenters. The van der Waals surface area contributed by atoms with E-state index in [1.165, 1.54) is 0 Å². The smallest absolute Gasteiger partial charge is 0.254 e. The summed E-state index contributed by atoms with van der Waals surface area (Å²) in [6.07, 6.45) is 1.61. The van der Waals surface area contributed by atoms with Gasteiger partial charge in [-0.3, -0.25) is 4.79 Å². The average Bonchev–Trinajstić information content (AvgIpc) is 3.37. The molecule has 0 bridgehead atoms. The monoisotopic (exact) mass is 494 g/mol. The van der Waals surface area contributed by atoms with Crippen molar-refractivity contribution in [2.45, 2.75) is 6.61 Å². The number of rotatable bonds is 6. The molecule has 2 aromatic heterocycles. The fourth-order valence-electron chi connectivity index (χ4n) is 3.99. The summed E-state index contributed by atoms with van der Waals surface area (Å²) in [5, 5.41) is 3.77. The maximum Gasteiger partial charge on any atom is 0.254 e. The van der Waals surface area contributed by atoms with E-state index in [1.807, 2.05) is 34.5 Å². The number of ether oxygens (including phenoxy) is 2. The molecular formula is C25H23ClN4O3S. The van der Waals surface area contributed by atoms with Crippen LogP contribution in [0.3, 0.4) is 0 Å². The van der Waals surface area contributed by atoms with Gasteiger partial charge in [-0.25, -0.2) is 9.97 Å². The molecular weight excluding hydrogens is 472 g/mol. The Morgan fingerprint density at radius 1 is 1.03 bits per heavy atom. The Morgan fingerprint density at radius 2 is 1.82 bits per heavy atom. The SMILES string of the molecule is COc1cc(C(=O)N2CCN(c3ncnc4sccc34)CC2)ccc1OCc1ccc(Cl)cc1. The first-order chi connectivity index (χ1) is 16.6. The molecule has 2 aromatic carbocycles. The summed E-state index contributed by atoms with van der Waals surface area (Å²) in [4.78, 5) is 27.1. The van der Waals surface area contributed by atoms with Gasteiger partial charge in [-0.05, 0) is 47.3 Å². The number of anilines is 1. The molecule has 9 heteroatoms. The number of aromatic nitrogens is 2. The Morgan fingerprint density at radius 3 is 2.59 bits per heavy atom. The summed E-state index contributed by atoms with van der Waals surface area (Å²) < 4.78 is 11.4. The van der Waals surface area contributed by atoms with Gasteiger partial charge in [0, 0.05) is 36.8 Å². The minimum absolute atomic E-state index is 0.0226. The molecule has 4 aromatic rings. The predicted octanol–water partition coefficient (Wildman–Crippen LogP) is 4.89. The summed E-state index contributed by atoms with van der Waals surface area (Å²) in [6.45, 7) is 3.04. The highest BCUT2D eigenvalue weighted by molar-refractivity contribution is 7.16. The molecule has 3 heterocycles. The first-order valence-electron chi connectivity index (χ1n) is 10.9. The van der Waals surface area contributed by atoms with Crippen LogP contribution in [0.1, 0.15) is 15.9 Å². The highest BCUT2D eigenvalue weighted by Gasteiger charge is 2.25. The molecule has 1 saturated heterocycles. The van der Waals surface area contributed by atoms with Crippen molar-refractivity contribution in [3.05, 3.63) is 76.4 Å². The third-order valence-corrected chi connectivity index (χ3v) is 6.90. The lowest BCUT2D eigenvalue weighted by molar-refractivity contribution is 0.0746. The lowest BCUT2D eigenvalue weighted by atomic mass is 10.1. The van der Waals surface area contributed by atoms with Gasteiger partial charge in [0.1, 0.15) is 23.6 Å². The number of piperazine rings is 1. The van der Waals surface area contributed by atoms with Gasteiger partial charge in [-0.1, -0.05) is 23.7 Å². The number of nitrogens with zero attached hydrogens (tertiary/aromatic N) is 4. The maximum absolute atomic E-state index is 13.2. The van der Waals surface area contributed by atoms with E-state index in [4.69, 9.17) is 21.1 Å². The minimum Gasteiger partial charge on any atom is -0.493 e. The highest BCUT2D eigenvalue weighted by atomic mass is 35.5. The Bertz CT molecular complexity index is 1300. The molecule has 0 atom stereocenters. The zero-order valence-corrected chi connectivity index (χ0v) is 20.2. The minimum atomic E-state index is -0.0226. The third kappa shape index (κ3) is 4.64. The van der Waals surface area contributed by atoms with E-state index < -0.39 is 0 Å². The summed E-state index contributed by atoms with van der Waals surface area (Å²) in [6, 6.07) is 14.8. The van der Waals surface area contributed by atoms with Gasteiger partial charge in [0.05, 0.1) is 12.5 Å². The number of hydrogen-bond acceptors (Lipinski definition) is 7. The van der Waals surface area contributed by atoms with E-state index in [1.54, 1.807) is 43.0 Å². The van der Waals surface area contributed by atoms with Gasteiger partial charge >= 0.3 is 0 Å². The van der Waals surface area contributed by atoms with Crippen LogP contribution in [0, 0.1) is 0 Å². The van der Waals surface area contributed by atoms with Crippen molar-refractivity contribution < 1.29 is 14.3 Å². The van der Waals surface area contributed by atoms with Crippen LogP contribution in [0.4, 0.5) is 5.82 Å². The first kappa shape index (κ1) is 22.4. The number of halogens is 1. The highest BCUT2D eigenvalue weighted by Crippen LogP contribution is 2.30. The van der Waals surface area contributed by atoms with Crippen LogP contribution in [-0.2, 0) is 6.61 Å². The van der Waals surface area contributed by atoms with E-state index in [2.05, 4.69) is 20.9 Å². The van der Waals surface area contributed by atoms with Crippen LogP contribution in [0.25, 0.3) is 10.2 Å². The standard InChI is InChI=1S/C25H23ClN4O3S/c1-32-22-14-18(4-7-21(22)33-15-17-2-5-19(26)6-3-17)25(31)30-11-9-29(10-12-30)23-20-8-13-34-24(20)28-16-27-23/h2-8,13-14,16H,9-12,15H2,1H3. The maximum atomic E-state index is 13.2. The van der Waals surface area contributed by atoms with Crippen molar-refractivity contribution in [1.82, 2.24) is 14.9 Å². The molecule has 1 aliphatic heterocycles. The number of thiophene rings is 1. The summed E-state index contributed by atoms with van der Waals surface area (Å²) >= 11 is 7.55. The van der Waals surface area contributed by atoms with Crippen LogP contribution < -0.4 is 14.4 Å². The average molecular weight is 495 g/mol. The van der Waals surface area contributed by atoms with E-state index in [-0.39, 0.29) is 5.91 Å². The summed E-state index contributed by atoms with van der Waals surface area (Å²) in [5.74, 6) is 2.02. The van der Waals surface area contributed by atoms with Crippen molar-refractivity contribution in [3.8, 4) is 11.5 Å². The number of amides is 1. The Labute approximate surface area is 206 Å². The Balaban J connectivity index is 1.24. The molecule has 174 valence electrons. The zero-order chi connectivity index (χ0) is 23.5. The van der Waals surface area contributed by atoms with Crippen molar-refractivity contribution in [2.24, 2.45) is 0 Å². The molecule has 1 aliphatic rings. The molecule has 1 amide bonds. The van der Waals surface area contributed by atoms with Crippen LogP contribution in [0.5, 0.6) is 11.5 Å². The predicted molar refractivity (Wildman–Crippen MR) is 134 cm³/mol. The summed E-state index contributed by atoms with van der Waals surface area (Å²) in [7, 11) is 1.57. The molecule has 0 radical (unpaired) electrons. The number of carbonyl (C=O) groups excluding carboxylic acids is 1. The van der Waals surface area contributed by atoms with Gasteiger partial charge in [0.15, 0.2) is 11.5 Å². The number of methoxy groups -OCH3 is 1. The van der Waals surface area contributed by atoms with Crippen LogP contribution in [0.2, 0.25) is 5.02 Å².